The minimum absolute atomic E-state index is 0.0313. The van der Waals surface area contributed by atoms with E-state index in [9.17, 15) is 10.1 Å². The Morgan fingerprint density at radius 3 is 2.08 bits per heavy atom. The standard InChI is InChI=1S/C21H17N3O2/c25-24(26)19-13-11-16(12-14-19)20-15-21(17-7-3-1-4-8-17)23(22-20)18-9-5-2-6-10-18/h1-15,21-22H. The maximum absolute atomic E-state index is 10.9. The molecule has 1 heterocycles. The second-order valence-electron chi connectivity index (χ2n) is 6.06. The van der Waals surface area contributed by atoms with Crippen LogP contribution < -0.4 is 10.4 Å². The van der Waals surface area contributed by atoms with Crippen molar-refractivity contribution in [3.05, 3.63) is 112 Å². The van der Waals surface area contributed by atoms with Crippen LogP contribution in [0.15, 0.2) is 91.0 Å². The first-order valence-electron chi connectivity index (χ1n) is 8.35. The molecular weight excluding hydrogens is 326 g/mol. The number of hydrazine groups is 1. The van der Waals surface area contributed by atoms with Gasteiger partial charge >= 0.3 is 0 Å². The molecule has 0 amide bonds. The molecular formula is C21H17N3O2. The monoisotopic (exact) mass is 343 g/mol. The van der Waals surface area contributed by atoms with Gasteiger partial charge in [0.2, 0.25) is 0 Å². The normalized spacial score (nSPS) is 16.1. The van der Waals surface area contributed by atoms with Crippen molar-refractivity contribution in [1.29, 1.82) is 0 Å². The number of hydrogen-bond acceptors (Lipinski definition) is 4. The highest BCUT2D eigenvalue weighted by Gasteiger charge is 2.27. The summed E-state index contributed by atoms with van der Waals surface area (Å²) in [4.78, 5) is 10.5. The summed E-state index contributed by atoms with van der Waals surface area (Å²) in [5.41, 5.74) is 7.59. The van der Waals surface area contributed by atoms with Crippen molar-refractivity contribution in [2.75, 3.05) is 5.01 Å². The van der Waals surface area contributed by atoms with Gasteiger partial charge < -0.3 is 0 Å². The van der Waals surface area contributed by atoms with E-state index in [1.54, 1.807) is 12.1 Å². The lowest BCUT2D eigenvalue weighted by molar-refractivity contribution is -0.384. The molecule has 0 saturated carbocycles. The zero-order valence-corrected chi connectivity index (χ0v) is 13.9. The zero-order chi connectivity index (χ0) is 17.9. The van der Waals surface area contributed by atoms with E-state index in [4.69, 9.17) is 0 Å². The topological polar surface area (TPSA) is 58.4 Å². The van der Waals surface area contributed by atoms with Crippen LogP contribution in [0.4, 0.5) is 11.4 Å². The number of non-ortho nitro benzene ring substituents is 1. The van der Waals surface area contributed by atoms with Gasteiger partial charge in [-0.05, 0) is 41.5 Å². The number of nitro groups is 1. The largest absolute Gasteiger partial charge is 0.297 e. The van der Waals surface area contributed by atoms with E-state index in [1.165, 1.54) is 17.7 Å². The Labute approximate surface area is 151 Å². The zero-order valence-electron chi connectivity index (χ0n) is 13.9. The van der Waals surface area contributed by atoms with Gasteiger partial charge in [-0.25, -0.2) is 0 Å². The van der Waals surface area contributed by atoms with Gasteiger partial charge in [-0.3, -0.25) is 20.5 Å². The number of nitrogens with zero attached hydrogens (tertiary/aromatic N) is 2. The third kappa shape index (κ3) is 3.02. The molecule has 0 spiro atoms. The lowest BCUT2D eigenvalue weighted by atomic mass is 10.0. The molecule has 0 aromatic heterocycles. The van der Waals surface area contributed by atoms with E-state index in [1.807, 2.05) is 36.4 Å². The highest BCUT2D eigenvalue weighted by molar-refractivity contribution is 5.72. The average Bonchev–Trinajstić information content (AvgIpc) is 3.15. The molecule has 1 unspecified atom stereocenters. The van der Waals surface area contributed by atoms with Crippen LogP contribution in [0, 0.1) is 10.1 Å². The predicted octanol–water partition coefficient (Wildman–Crippen LogP) is 4.70. The molecule has 0 saturated heterocycles. The maximum atomic E-state index is 10.9. The molecule has 128 valence electrons. The summed E-state index contributed by atoms with van der Waals surface area (Å²) in [7, 11) is 0. The summed E-state index contributed by atoms with van der Waals surface area (Å²) < 4.78 is 0. The van der Waals surface area contributed by atoms with E-state index in [0.717, 1.165) is 16.9 Å². The molecule has 5 heteroatoms. The van der Waals surface area contributed by atoms with E-state index in [-0.39, 0.29) is 16.7 Å². The predicted molar refractivity (Wildman–Crippen MR) is 102 cm³/mol. The Kier molecular flexibility index (Phi) is 4.11. The Morgan fingerprint density at radius 1 is 0.846 bits per heavy atom. The molecule has 0 aliphatic carbocycles. The summed E-state index contributed by atoms with van der Waals surface area (Å²) in [5.74, 6) is 0. The fourth-order valence-electron chi connectivity index (χ4n) is 3.10. The van der Waals surface area contributed by atoms with Crippen molar-refractivity contribution in [2.45, 2.75) is 6.04 Å². The van der Waals surface area contributed by atoms with Gasteiger partial charge in [0.05, 0.1) is 22.3 Å². The minimum atomic E-state index is -0.386. The quantitative estimate of drug-likeness (QED) is 0.551. The van der Waals surface area contributed by atoms with E-state index >= 15 is 0 Å². The van der Waals surface area contributed by atoms with Gasteiger partial charge in [0.25, 0.3) is 5.69 Å². The van der Waals surface area contributed by atoms with Crippen LogP contribution in [0.1, 0.15) is 17.2 Å². The highest BCUT2D eigenvalue weighted by atomic mass is 16.6. The number of hydrogen-bond donors (Lipinski definition) is 1. The van der Waals surface area contributed by atoms with Crippen LogP contribution in [0.5, 0.6) is 0 Å². The minimum Gasteiger partial charge on any atom is -0.297 e. The first-order chi connectivity index (χ1) is 12.7. The first kappa shape index (κ1) is 15.9. The molecule has 1 atom stereocenters. The van der Waals surface area contributed by atoms with Gasteiger partial charge in [-0.1, -0.05) is 48.5 Å². The number of para-hydroxylation sites is 1. The Bertz CT molecular complexity index is 938. The van der Waals surface area contributed by atoms with E-state index in [0.29, 0.717) is 0 Å². The van der Waals surface area contributed by atoms with Crippen LogP contribution in [-0.2, 0) is 0 Å². The molecule has 0 fully saturated rings. The summed E-state index contributed by atoms with van der Waals surface area (Å²) in [5, 5.41) is 13.0. The lowest BCUT2D eigenvalue weighted by Crippen LogP contribution is -2.33. The van der Waals surface area contributed by atoms with E-state index in [2.05, 4.69) is 40.8 Å². The number of rotatable bonds is 4. The summed E-state index contributed by atoms with van der Waals surface area (Å²) in [6.07, 6.45) is 2.14. The molecule has 26 heavy (non-hydrogen) atoms. The fraction of sp³-hybridized carbons (Fsp3) is 0.0476. The van der Waals surface area contributed by atoms with Crippen molar-refractivity contribution < 1.29 is 4.92 Å². The molecule has 3 aromatic carbocycles. The lowest BCUT2D eigenvalue weighted by Gasteiger charge is -2.27. The van der Waals surface area contributed by atoms with Gasteiger partial charge in [0, 0.05) is 12.1 Å². The molecule has 3 aromatic rings. The van der Waals surface area contributed by atoms with Gasteiger partial charge in [0.15, 0.2) is 0 Å². The Balaban J connectivity index is 1.71. The molecule has 0 radical (unpaired) electrons. The van der Waals surface area contributed by atoms with Crippen molar-refractivity contribution in [3.63, 3.8) is 0 Å². The van der Waals surface area contributed by atoms with Crippen molar-refractivity contribution in [1.82, 2.24) is 5.43 Å². The maximum Gasteiger partial charge on any atom is 0.269 e. The number of nitro benzene ring substituents is 1. The van der Waals surface area contributed by atoms with Crippen LogP contribution in [-0.4, -0.2) is 4.92 Å². The molecule has 1 aliphatic heterocycles. The average molecular weight is 343 g/mol. The molecule has 0 bridgehead atoms. The number of benzene rings is 3. The van der Waals surface area contributed by atoms with Crippen LogP contribution in [0.2, 0.25) is 0 Å². The van der Waals surface area contributed by atoms with Crippen molar-refractivity contribution >= 4 is 17.1 Å². The fourth-order valence-corrected chi connectivity index (χ4v) is 3.10. The molecule has 4 rings (SSSR count). The van der Waals surface area contributed by atoms with Crippen LogP contribution in [0.3, 0.4) is 0 Å². The van der Waals surface area contributed by atoms with Gasteiger partial charge in [-0.2, -0.15) is 0 Å². The van der Waals surface area contributed by atoms with Crippen molar-refractivity contribution in [3.8, 4) is 0 Å². The highest BCUT2D eigenvalue weighted by Crippen LogP contribution is 2.35. The second kappa shape index (κ2) is 6.72. The third-order valence-corrected chi connectivity index (χ3v) is 4.41. The molecule has 1 aliphatic rings. The van der Waals surface area contributed by atoms with E-state index < -0.39 is 0 Å². The number of nitrogens with one attached hydrogen (secondary N) is 1. The van der Waals surface area contributed by atoms with Crippen LogP contribution in [0.25, 0.3) is 5.70 Å². The summed E-state index contributed by atoms with van der Waals surface area (Å²) in [6, 6.07) is 27.0. The van der Waals surface area contributed by atoms with Gasteiger partial charge in [0.1, 0.15) is 0 Å². The SMILES string of the molecule is O=[N+]([O-])c1ccc(C2=CC(c3ccccc3)N(c3ccccc3)N2)cc1. The third-order valence-electron chi connectivity index (χ3n) is 4.41. The van der Waals surface area contributed by atoms with Crippen LogP contribution >= 0.6 is 0 Å². The first-order valence-corrected chi connectivity index (χ1v) is 8.35. The summed E-state index contributed by atoms with van der Waals surface area (Å²) >= 11 is 0. The Hall–Kier alpha value is -3.60. The Morgan fingerprint density at radius 2 is 1.46 bits per heavy atom. The molecule has 1 N–H and O–H groups in total. The summed E-state index contributed by atoms with van der Waals surface area (Å²) in [6.45, 7) is 0. The second-order valence-corrected chi connectivity index (χ2v) is 6.06. The van der Waals surface area contributed by atoms with Gasteiger partial charge in [-0.15, -0.1) is 0 Å². The van der Waals surface area contributed by atoms with Crippen molar-refractivity contribution in [2.24, 2.45) is 0 Å². The molecule has 5 nitrogen and oxygen atoms in total. The number of anilines is 1. The smallest absolute Gasteiger partial charge is 0.269 e.